The van der Waals surface area contributed by atoms with Gasteiger partial charge in [0.1, 0.15) is 18.3 Å². The average Bonchev–Trinajstić information content (AvgIpc) is 3.08. The molecule has 0 bridgehead atoms. The maximum Gasteiger partial charge on any atom is 0.264 e. The molecule has 0 unspecified atom stereocenters. The van der Waals surface area contributed by atoms with Crippen LogP contribution < -0.4 is 14.4 Å². The lowest BCUT2D eigenvalue weighted by molar-refractivity contribution is -0.140. The molecule has 4 rings (SSSR count). The number of nitrogens with zero attached hydrogens (tertiary/aromatic N) is 2. The molecule has 4 aromatic rings. The van der Waals surface area contributed by atoms with Crippen molar-refractivity contribution < 1.29 is 22.7 Å². The second-order valence-electron chi connectivity index (χ2n) is 10.8. The lowest BCUT2D eigenvalue weighted by atomic mass is 10.0. The molecule has 47 heavy (non-hydrogen) atoms. The Hall–Kier alpha value is -3.80. The number of hydrogen-bond acceptors (Lipinski definition) is 6. The Labute approximate surface area is 290 Å². The van der Waals surface area contributed by atoms with E-state index in [-0.39, 0.29) is 23.8 Å². The highest BCUT2D eigenvalue weighted by atomic mass is 79.9. The molecule has 0 saturated carbocycles. The number of carbonyl (C=O) groups excluding carboxylic acids is 2. The highest BCUT2D eigenvalue weighted by molar-refractivity contribution is 9.10. The molecule has 0 fully saturated rings. The summed E-state index contributed by atoms with van der Waals surface area (Å²) in [6.07, 6.45) is 2.89. The summed E-state index contributed by atoms with van der Waals surface area (Å²) in [5.74, 6) is -0.242. The van der Waals surface area contributed by atoms with Crippen LogP contribution in [-0.4, -0.2) is 57.1 Å². The van der Waals surface area contributed by atoms with Crippen molar-refractivity contribution >= 4 is 55.2 Å². The van der Waals surface area contributed by atoms with Crippen molar-refractivity contribution in [3.05, 3.63) is 119 Å². The Morgan fingerprint density at radius 1 is 0.894 bits per heavy atom. The molecule has 1 atom stereocenters. The molecule has 0 radical (unpaired) electrons. The van der Waals surface area contributed by atoms with Crippen molar-refractivity contribution in [1.29, 1.82) is 0 Å². The minimum Gasteiger partial charge on any atom is -0.494 e. The number of benzene rings is 4. The van der Waals surface area contributed by atoms with Gasteiger partial charge in [0.25, 0.3) is 10.0 Å². The molecule has 0 heterocycles. The third-order valence-corrected chi connectivity index (χ3v) is 10.4. The van der Waals surface area contributed by atoms with Crippen molar-refractivity contribution in [1.82, 2.24) is 10.2 Å². The first kappa shape index (κ1) is 36.0. The zero-order valence-corrected chi connectivity index (χ0v) is 30.0. The van der Waals surface area contributed by atoms with E-state index in [0.717, 1.165) is 31.2 Å². The number of carbonyl (C=O) groups is 2. The normalized spacial score (nSPS) is 11.8. The minimum atomic E-state index is -4.20. The van der Waals surface area contributed by atoms with E-state index in [9.17, 15) is 18.0 Å². The number of nitrogens with one attached hydrogen (secondary N) is 1. The third kappa shape index (κ3) is 9.85. The van der Waals surface area contributed by atoms with Crippen LogP contribution in [0.3, 0.4) is 0 Å². The molecular formula is C36H40BrN3O5S2. The second-order valence-corrected chi connectivity index (χ2v) is 14.4. The van der Waals surface area contributed by atoms with Gasteiger partial charge in [-0.1, -0.05) is 65.3 Å². The van der Waals surface area contributed by atoms with Gasteiger partial charge in [-0.2, -0.15) is 0 Å². The monoisotopic (exact) mass is 737 g/mol. The van der Waals surface area contributed by atoms with E-state index in [0.29, 0.717) is 24.6 Å². The summed E-state index contributed by atoms with van der Waals surface area (Å²) in [4.78, 5) is 30.8. The standard InChI is InChI=1S/C36H40BrN3O5S2/c1-4-22-38-36(42)34(24-27-10-7-6-8-11-27)39(25-28-12-9-13-29(37)23-28)35(41)26-40(30-14-16-31(17-15-30)45-5-2)47(43,44)33-20-18-32(46-3)19-21-33/h6-21,23,34H,4-5,22,24-26H2,1-3H3,(H,38,42)/t34-/m0/s1. The first-order chi connectivity index (χ1) is 22.7. The predicted octanol–water partition coefficient (Wildman–Crippen LogP) is 6.93. The van der Waals surface area contributed by atoms with Gasteiger partial charge in [0.05, 0.1) is 17.2 Å². The molecule has 248 valence electrons. The molecule has 8 nitrogen and oxygen atoms in total. The molecule has 0 aliphatic heterocycles. The zero-order chi connectivity index (χ0) is 33.8. The van der Waals surface area contributed by atoms with Gasteiger partial charge >= 0.3 is 0 Å². The lowest BCUT2D eigenvalue weighted by Gasteiger charge is -2.34. The summed E-state index contributed by atoms with van der Waals surface area (Å²) in [5.41, 5.74) is 1.96. The summed E-state index contributed by atoms with van der Waals surface area (Å²) < 4.78 is 36.1. The van der Waals surface area contributed by atoms with Gasteiger partial charge in [-0.15, -0.1) is 11.8 Å². The summed E-state index contributed by atoms with van der Waals surface area (Å²) in [5, 5.41) is 2.97. The second kappa shape index (κ2) is 17.4. The smallest absolute Gasteiger partial charge is 0.264 e. The number of sulfonamides is 1. The van der Waals surface area contributed by atoms with Crippen LogP contribution in [0.2, 0.25) is 0 Å². The number of hydrogen-bond donors (Lipinski definition) is 1. The summed E-state index contributed by atoms with van der Waals surface area (Å²) in [6, 6.07) is 29.3. The third-order valence-electron chi connectivity index (χ3n) is 7.42. The molecule has 1 N–H and O–H groups in total. The van der Waals surface area contributed by atoms with Crippen molar-refractivity contribution in [2.45, 2.75) is 49.1 Å². The topological polar surface area (TPSA) is 96.0 Å². The fourth-order valence-corrected chi connectivity index (χ4v) is 7.30. The van der Waals surface area contributed by atoms with Crippen LogP contribution in [0, 0.1) is 0 Å². The van der Waals surface area contributed by atoms with Crippen LogP contribution in [0.4, 0.5) is 5.69 Å². The molecular weight excluding hydrogens is 698 g/mol. The molecule has 0 saturated heterocycles. The lowest BCUT2D eigenvalue weighted by Crippen LogP contribution is -2.53. The Kier molecular flexibility index (Phi) is 13.3. The number of ether oxygens (including phenoxy) is 1. The summed E-state index contributed by atoms with van der Waals surface area (Å²) in [6.45, 7) is 4.29. The minimum absolute atomic E-state index is 0.0528. The number of anilines is 1. The van der Waals surface area contributed by atoms with E-state index in [2.05, 4.69) is 21.2 Å². The predicted molar refractivity (Wildman–Crippen MR) is 192 cm³/mol. The largest absolute Gasteiger partial charge is 0.494 e. The molecule has 11 heteroatoms. The van der Waals surface area contributed by atoms with Crippen molar-refractivity contribution in [2.75, 3.05) is 30.3 Å². The van der Waals surface area contributed by atoms with Gasteiger partial charge < -0.3 is 15.0 Å². The zero-order valence-electron chi connectivity index (χ0n) is 26.8. The van der Waals surface area contributed by atoms with Crippen LogP contribution >= 0.6 is 27.7 Å². The maximum absolute atomic E-state index is 14.6. The van der Waals surface area contributed by atoms with Gasteiger partial charge in [0.2, 0.25) is 11.8 Å². The van der Waals surface area contributed by atoms with Crippen LogP contribution in [0.5, 0.6) is 5.75 Å². The van der Waals surface area contributed by atoms with E-state index < -0.39 is 28.5 Å². The molecule has 0 spiro atoms. The fraction of sp³-hybridized carbons (Fsp3) is 0.278. The quantitative estimate of drug-likeness (QED) is 0.125. The van der Waals surface area contributed by atoms with E-state index in [1.165, 1.54) is 16.7 Å². The van der Waals surface area contributed by atoms with Gasteiger partial charge in [-0.25, -0.2) is 8.42 Å². The SMILES string of the molecule is CCCNC(=O)[C@H](Cc1ccccc1)N(Cc1cccc(Br)c1)C(=O)CN(c1ccc(OCC)cc1)S(=O)(=O)c1ccc(SC)cc1. The van der Waals surface area contributed by atoms with Gasteiger partial charge in [0.15, 0.2) is 0 Å². The van der Waals surface area contributed by atoms with Crippen molar-refractivity contribution in [2.24, 2.45) is 0 Å². The first-order valence-electron chi connectivity index (χ1n) is 15.4. The highest BCUT2D eigenvalue weighted by Crippen LogP contribution is 2.28. The molecule has 4 aromatic carbocycles. The molecule has 0 aliphatic carbocycles. The molecule has 0 aliphatic rings. The number of amides is 2. The fourth-order valence-electron chi connectivity index (χ4n) is 5.03. The van der Waals surface area contributed by atoms with Crippen molar-refractivity contribution in [3.63, 3.8) is 0 Å². The van der Waals surface area contributed by atoms with Gasteiger partial charge in [0, 0.05) is 28.9 Å². The van der Waals surface area contributed by atoms with Gasteiger partial charge in [-0.05, 0) is 91.4 Å². The van der Waals surface area contributed by atoms with Crippen LogP contribution in [-0.2, 0) is 32.6 Å². The van der Waals surface area contributed by atoms with Crippen LogP contribution in [0.15, 0.2) is 117 Å². The number of thioether (sulfide) groups is 1. The molecule has 2 amide bonds. The average molecular weight is 739 g/mol. The Balaban J connectivity index is 1.80. The summed E-state index contributed by atoms with van der Waals surface area (Å²) in [7, 11) is -4.20. The summed E-state index contributed by atoms with van der Waals surface area (Å²) >= 11 is 5.01. The highest BCUT2D eigenvalue weighted by Gasteiger charge is 2.34. The number of rotatable bonds is 16. The Bertz CT molecular complexity index is 1720. The van der Waals surface area contributed by atoms with E-state index in [1.54, 1.807) is 48.5 Å². The van der Waals surface area contributed by atoms with E-state index in [4.69, 9.17) is 4.74 Å². The van der Waals surface area contributed by atoms with Crippen LogP contribution in [0.1, 0.15) is 31.4 Å². The Morgan fingerprint density at radius 3 is 2.19 bits per heavy atom. The van der Waals surface area contributed by atoms with Gasteiger partial charge in [-0.3, -0.25) is 13.9 Å². The Morgan fingerprint density at radius 2 is 1.57 bits per heavy atom. The number of halogens is 1. The van der Waals surface area contributed by atoms with E-state index >= 15 is 0 Å². The first-order valence-corrected chi connectivity index (χ1v) is 18.9. The van der Waals surface area contributed by atoms with E-state index in [1.807, 2.05) is 74.7 Å². The molecule has 0 aromatic heterocycles. The van der Waals surface area contributed by atoms with Crippen molar-refractivity contribution in [3.8, 4) is 5.75 Å². The maximum atomic E-state index is 14.6. The van der Waals surface area contributed by atoms with Crippen LogP contribution in [0.25, 0.3) is 0 Å².